The zero-order chi connectivity index (χ0) is 27.0. The van der Waals surface area contributed by atoms with Gasteiger partial charge in [-0.2, -0.15) is 0 Å². The fourth-order valence-corrected chi connectivity index (χ4v) is 5.11. The lowest BCUT2D eigenvalue weighted by Gasteiger charge is -2.23. The maximum atomic E-state index is 13.3. The molecule has 0 saturated carbocycles. The van der Waals surface area contributed by atoms with Gasteiger partial charge in [-0.25, -0.2) is 9.78 Å². The number of anilines is 1. The monoisotopic (exact) mass is 523 g/mol. The number of nitro benzene ring substituents is 1. The van der Waals surface area contributed by atoms with Crippen LogP contribution in [0.4, 0.5) is 10.8 Å². The number of aryl methyl sites for hydroxylation is 2. The first-order chi connectivity index (χ1) is 17.6. The number of non-ortho nitro benzene ring substituents is 1. The van der Waals surface area contributed by atoms with E-state index >= 15 is 0 Å². The highest BCUT2D eigenvalue weighted by molar-refractivity contribution is 7.17. The highest BCUT2D eigenvalue weighted by atomic mass is 32.1. The number of thiazole rings is 1. The number of ether oxygens (including phenoxy) is 2. The number of hydrogen-bond donors (Lipinski definition) is 1. The van der Waals surface area contributed by atoms with Crippen molar-refractivity contribution in [3.05, 3.63) is 85.4 Å². The first-order valence-corrected chi connectivity index (χ1v) is 11.7. The molecule has 1 amide bonds. The normalized spacial score (nSPS) is 16.6. The predicted octanol–water partition coefficient (Wildman–Crippen LogP) is 4.09. The van der Waals surface area contributed by atoms with Crippen molar-refractivity contribution in [3.8, 4) is 5.75 Å². The Morgan fingerprint density at radius 1 is 1.16 bits per heavy atom. The van der Waals surface area contributed by atoms with Crippen LogP contribution in [0.2, 0.25) is 0 Å². The molecular weight excluding hydrogens is 502 g/mol. The number of hydrogen-bond acceptors (Lipinski definition) is 10. The summed E-state index contributed by atoms with van der Waals surface area (Å²) in [5.41, 5.74) is 0.852. The van der Waals surface area contributed by atoms with Gasteiger partial charge in [-0.05, 0) is 43.2 Å². The van der Waals surface area contributed by atoms with Crippen molar-refractivity contribution >= 4 is 45.6 Å². The van der Waals surface area contributed by atoms with Crippen molar-refractivity contribution in [1.29, 1.82) is 0 Å². The molecule has 1 saturated heterocycles. The minimum atomic E-state index is -1.25. The van der Waals surface area contributed by atoms with E-state index in [0.29, 0.717) is 11.3 Å². The molecule has 4 rings (SSSR count). The van der Waals surface area contributed by atoms with Crippen molar-refractivity contribution in [2.45, 2.75) is 19.9 Å². The van der Waals surface area contributed by atoms with Gasteiger partial charge in [0, 0.05) is 17.7 Å². The van der Waals surface area contributed by atoms with E-state index in [1.54, 1.807) is 26.0 Å². The second-order valence-electron chi connectivity index (χ2n) is 8.11. The molecule has 3 aromatic rings. The molecule has 1 unspecified atom stereocenters. The first-order valence-electron chi connectivity index (χ1n) is 10.8. The van der Waals surface area contributed by atoms with Crippen molar-refractivity contribution in [1.82, 2.24) is 4.98 Å². The van der Waals surface area contributed by atoms with Gasteiger partial charge in [-0.1, -0.05) is 23.5 Å². The average molecular weight is 524 g/mol. The largest absolute Gasteiger partial charge is 0.507 e. The summed E-state index contributed by atoms with van der Waals surface area (Å²) in [4.78, 5) is 55.1. The van der Waals surface area contributed by atoms with Gasteiger partial charge in [0.1, 0.15) is 16.4 Å². The van der Waals surface area contributed by atoms with E-state index in [0.717, 1.165) is 16.2 Å². The van der Waals surface area contributed by atoms with Crippen molar-refractivity contribution in [2.24, 2.45) is 0 Å². The van der Waals surface area contributed by atoms with E-state index in [-0.39, 0.29) is 38.1 Å². The third-order valence-corrected chi connectivity index (χ3v) is 7.01. The fraction of sp³-hybridized carbons (Fsp3) is 0.200. The van der Waals surface area contributed by atoms with Gasteiger partial charge in [0.15, 0.2) is 5.13 Å². The Morgan fingerprint density at radius 2 is 1.89 bits per heavy atom. The molecule has 2 heterocycles. The Labute approximate surface area is 214 Å². The van der Waals surface area contributed by atoms with Crippen LogP contribution in [0.3, 0.4) is 0 Å². The van der Waals surface area contributed by atoms with Crippen LogP contribution in [0.15, 0.2) is 48.0 Å². The van der Waals surface area contributed by atoms with E-state index in [2.05, 4.69) is 4.98 Å². The lowest BCUT2D eigenvalue weighted by molar-refractivity contribution is -0.384. The van der Waals surface area contributed by atoms with E-state index in [4.69, 9.17) is 9.47 Å². The van der Waals surface area contributed by atoms with Crippen LogP contribution in [0.25, 0.3) is 5.76 Å². The van der Waals surface area contributed by atoms with Gasteiger partial charge < -0.3 is 14.6 Å². The highest BCUT2D eigenvalue weighted by Gasteiger charge is 2.48. The molecule has 1 atom stereocenters. The average Bonchev–Trinajstić information content (AvgIpc) is 3.39. The summed E-state index contributed by atoms with van der Waals surface area (Å²) in [5.74, 6) is -2.59. The molecule has 37 heavy (non-hydrogen) atoms. The zero-order valence-corrected chi connectivity index (χ0v) is 21.0. The number of nitro groups is 1. The number of aromatic nitrogens is 1. The van der Waals surface area contributed by atoms with Crippen LogP contribution in [0, 0.1) is 24.0 Å². The van der Waals surface area contributed by atoms with Crippen LogP contribution < -0.4 is 9.64 Å². The third kappa shape index (κ3) is 4.42. The van der Waals surface area contributed by atoms with Crippen LogP contribution in [0.5, 0.6) is 5.75 Å². The minimum Gasteiger partial charge on any atom is -0.507 e. The number of ketones is 1. The third-order valence-electron chi connectivity index (χ3n) is 5.87. The number of carbonyl (C=O) groups excluding carboxylic acids is 3. The summed E-state index contributed by atoms with van der Waals surface area (Å²) in [6.07, 6.45) is 0. The molecular formula is C25H21N3O8S. The van der Waals surface area contributed by atoms with Crippen LogP contribution in [-0.2, 0) is 14.3 Å². The van der Waals surface area contributed by atoms with Gasteiger partial charge in [0.25, 0.3) is 11.5 Å². The summed E-state index contributed by atoms with van der Waals surface area (Å²) in [6.45, 7) is 3.30. The van der Waals surface area contributed by atoms with Gasteiger partial charge in [-0.15, -0.1) is 0 Å². The molecule has 1 aromatic heterocycles. The molecule has 12 heteroatoms. The van der Waals surface area contributed by atoms with E-state index in [9.17, 15) is 29.6 Å². The molecule has 1 aliphatic heterocycles. The van der Waals surface area contributed by atoms with Crippen LogP contribution in [-0.4, -0.2) is 46.9 Å². The van der Waals surface area contributed by atoms with Crippen molar-refractivity contribution in [3.63, 3.8) is 0 Å². The van der Waals surface area contributed by atoms with Gasteiger partial charge in [-0.3, -0.25) is 24.6 Å². The van der Waals surface area contributed by atoms with Gasteiger partial charge in [0.2, 0.25) is 0 Å². The Morgan fingerprint density at radius 3 is 2.51 bits per heavy atom. The van der Waals surface area contributed by atoms with E-state index in [1.807, 2.05) is 0 Å². The number of aliphatic hydroxyl groups excluding tert-OH is 1. The summed E-state index contributed by atoms with van der Waals surface area (Å²) < 4.78 is 10.0. The molecule has 11 nitrogen and oxygen atoms in total. The zero-order valence-electron chi connectivity index (χ0n) is 20.2. The second kappa shape index (κ2) is 9.82. The van der Waals surface area contributed by atoms with E-state index < -0.39 is 34.4 Å². The van der Waals surface area contributed by atoms with Crippen molar-refractivity contribution < 1.29 is 33.9 Å². The molecule has 0 aliphatic carbocycles. The van der Waals surface area contributed by atoms with Crippen molar-refractivity contribution in [2.75, 3.05) is 19.1 Å². The minimum absolute atomic E-state index is 0.00136. The molecule has 1 aliphatic rings. The lowest BCUT2D eigenvalue weighted by Crippen LogP contribution is -2.29. The molecule has 0 bridgehead atoms. The second-order valence-corrected chi connectivity index (χ2v) is 9.09. The predicted molar refractivity (Wildman–Crippen MR) is 134 cm³/mol. The fourth-order valence-electron chi connectivity index (χ4n) is 4.10. The maximum Gasteiger partial charge on any atom is 0.350 e. The Kier molecular flexibility index (Phi) is 6.77. The number of methoxy groups -OCH3 is 2. The number of carbonyl (C=O) groups is 3. The van der Waals surface area contributed by atoms with Gasteiger partial charge in [0.05, 0.1) is 36.5 Å². The molecule has 1 fully saturated rings. The number of rotatable bonds is 6. The SMILES string of the molecule is COC(=O)c1sc(N2C(=O)C(=O)C(=C(O)c3ccc(OC)c(C)c3)C2c2cccc([N+](=O)[O-])c2)nc1C. The smallest absolute Gasteiger partial charge is 0.350 e. The molecule has 1 N–H and O–H groups in total. The Hall–Kier alpha value is -4.58. The highest BCUT2D eigenvalue weighted by Crippen LogP contribution is 2.44. The quantitative estimate of drug-likeness (QED) is 0.126. The number of benzene rings is 2. The number of amides is 1. The molecule has 0 spiro atoms. The van der Waals surface area contributed by atoms with Gasteiger partial charge >= 0.3 is 11.9 Å². The summed E-state index contributed by atoms with van der Waals surface area (Å²) in [6, 6.07) is 8.89. The summed E-state index contributed by atoms with van der Waals surface area (Å²) >= 11 is 0.834. The van der Waals surface area contributed by atoms with Crippen LogP contribution in [0.1, 0.15) is 38.1 Å². The summed E-state index contributed by atoms with van der Waals surface area (Å²) in [5, 5.41) is 22.7. The maximum absolute atomic E-state index is 13.3. The topological polar surface area (TPSA) is 149 Å². The number of aliphatic hydroxyl groups is 1. The first kappa shape index (κ1) is 25.5. The Balaban J connectivity index is 1.97. The standard InChI is InChI=1S/C25H21N3O8S/c1-12-10-15(8-9-17(12)35-3)20(29)18-19(14-6-5-7-16(11-14)28(33)34)27(23(31)21(18)30)25-26-13(2)22(37-25)24(32)36-4/h5-11,19,29H,1-4H3. The molecule has 190 valence electrons. The number of nitrogens with zero attached hydrogens (tertiary/aromatic N) is 3. The Bertz CT molecular complexity index is 1490. The summed E-state index contributed by atoms with van der Waals surface area (Å²) in [7, 11) is 2.70. The molecule has 2 aromatic carbocycles. The van der Waals surface area contributed by atoms with Crippen LogP contribution >= 0.6 is 11.3 Å². The lowest BCUT2D eigenvalue weighted by atomic mass is 9.94. The number of Topliss-reactive ketones (excluding diaryl/α,β-unsaturated/α-hetero) is 1. The molecule has 0 radical (unpaired) electrons. The van der Waals surface area contributed by atoms with E-state index in [1.165, 1.54) is 44.6 Å². The number of esters is 1.